The zero-order chi connectivity index (χ0) is 12.1. The van der Waals surface area contributed by atoms with Crippen molar-refractivity contribution in [3.05, 3.63) is 30.5 Å². The molecule has 1 atom stereocenters. The molecule has 1 unspecified atom stereocenters. The second-order valence-corrected chi connectivity index (χ2v) is 4.05. The molecule has 2 rings (SSSR count). The summed E-state index contributed by atoms with van der Waals surface area (Å²) in [6.45, 7) is 3.10. The number of aliphatic hydroxyl groups excluding tert-OH is 1. The zero-order valence-corrected chi connectivity index (χ0v) is 10.0. The highest BCUT2D eigenvalue weighted by molar-refractivity contribution is 5.36. The molecule has 0 aromatic carbocycles. The first-order valence-electron chi connectivity index (χ1n) is 5.95. The summed E-state index contributed by atoms with van der Waals surface area (Å²) < 4.78 is 2.02. The Hall–Kier alpha value is -1.46. The molecule has 2 heterocycles. The van der Waals surface area contributed by atoms with Gasteiger partial charge in [0.2, 0.25) is 0 Å². The number of hydrogen-bond acceptors (Lipinski definition) is 4. The van der Waals surface area contributed by atoms with Crippen molar-refractivity contribution in [3.63, 3.8) is 0 Å². The van der Waals surface area contributed by atoms with Crippen LogP contribution in [-0.4, -0.2) is 32.1 Å². The Morgan fingerprint density at radius 2 is 2.35 bits per heavy atom. The SMILES string of the molecule is CCC(CCO)NCc1cnc2cnccn12. The number of nitrogens with zero attached hydrogens (tertiary/aromatic N) is 3. The van der Waals surface area contributed by atoms with Gasteiger partial charge in [0.1, 0.15) is 0 Å². The van der Waals surface area contributed by atoms with Crippen molar-refractivity contribution < 1.29 is 5.11 Å². The highest BCUT2D eigenvalue weighted by Gasteiger charge is 2.07. The molecule has 0 bridgehead atoms. The number of hydrogen-bond donors (Lipinski definition) is 2. The van der Waals surface area contributed by atoms with E-state index in [-0.39, 0.29) is 6.61 Å². The number of imidazole rings is 1. The van der Waals surface area contributed by atoms with E-state index in [9.17, 15) is 0 Å². The van der Waals surface area contributed by atoms with E-state index in [1.165, 1.54) is 0 Å². The van der Waals surface area contributed by atoms with Crippen molar-refractivity contribution >= 4 is 5.65 Å². The Labute approximate surface area is 101 Å². The van der Waals surface area contributed by atoms with Crippen LogP contribution in [0.2, 0.25) is 0 Å². The average Bonchev–Trinajstić information content (AvgIpc) is 2.78. The van der Waals surface area contributed by atoms with Crippen molar-refractivity contribution in [3.8, 4) is 0 Å². The van der Waals surface area contributed by atoms with E-state index in [1.807, 2.05) is 16.8 Å². The topological polar surface area (TPSA) is 62.5 Å². The lowest BCUT2D eigenvalue weighted by atomic mass is 10.1. The summed E-state index contributed by atoms with van der Waals surface area (Å²) in [4.78, 5) is 8.31. The first-order chi connectivity index (χ1) is 8.35. The monoisotopic (exact) mass is 234 g/mol. The van der Waals surface area contributed by atoms with Gasteiger partial charge in [-0.05, 0) is 12.8 Å². The Morgan fingerprint density at radius 3 is 3.12 bits per heavy atom. The number of rotatable bonds is 6. The summed E-state index contributed by atoms with van der Waals surface area (Å²) >= 11 is 0. The van der Waals surface area contributed by atoms with Crippen LogP contribution in [0.15, 0.2) is 24.8 Å². The highest BCUT2D eigenvalue weighted by Crippen LogP contribution is 2.05. The zero-order valence-electron chi connectivity index (χ0n) is 10.0. The van der Waals surface area contributed by atoms with Crippen molar-refractivity contribution in [2.45, 2.75) is 32.4 Å². The molecule has 5 nitrogen and oxygen atoms in total. The van der Waals surface area contributed by atoms with Gasteiger partial charge in [-0.1, -0.05) is 6.92 Å². The smallest absolute Gasteiger partial charge is 0.155 e. The van der Waals surface area contributed by atoms with E-state index >= 15 is 0 Å². The Morgan fingerprint density at radius 1 is 1.47 bits per heavy atom. The normalized spacial score (nSPS) is 13.1. The van der Waals surface area contributed by atoms with Gasteiger partial charge in [0.25, 0.3) is 0 Å². The molecule has 2 aromatic rings. The molecule has 0 radical (unpaired) electrons. The van der Waals surface area contributed by atoms with Gasteiger partial charge in [-0.3, -0.25) is 9.38 Å². The number of aromatic nitrogens is 3. The van der Waals surface area contributed by atoms with E-state index in [4.69, 9.17) is 5.11 Å². The maximum absolute atomic E-state index is 8.93. The van der Waals surface area contributed by atoms with Crippen molar-refractivity contribution in [2.24, 2.45) is 0 Å². The first kappa shape index (κ1) is 12.0. The predicted molar refractivity (Wildman–Crippen MR) is 65.6 cm³/mol. The van der Waals surface area contributed by atoms with Crippen LogP contribution in [0.3, 0.4) is 0 Å². The number of nitrogens with one attached hydrogen (secondary N) is 1. The highest BCUT2D eigenvalue weighted by atomic mass is 16.3. The average molecular weight is 234 g/mol. The fourth-order valence-corrected chi connectivity index (χ4v) is 1.88. The van der Waals surface area contributed by atoms with Gasteiger partial charge < -0.3 is 10.4 Å². The Balaban J connectivity index is 2.03. The molecule has 17 heavy (non-hydrogen) atoms. The van der Waals surface area contributed by atoms with Crippen LogP contribution in [0.25, 0.3) is 5.65 Å². The Kier molecular flexibility index (Phi) is 4.06. The number of aliphatic hydroxyl groups is 1. The molecule has 0 spiro atoms. The summed E-state index contributed by atoms with van der Waals surface area (Å²) in [7, 11) is 0. The van der Waals surface area contributed by atoms with Gasteiger partial charge in [0.05, 0.1) is 18.1 Å². The predicted octanol–water partition coefficient (Wildman–Crippen LogP) is 0.980. The molecule has 0 saturated carbocycles. The van der Waals surface area contributed by atoms with Crippen LogP contribution in [0.4, 0.5) is 0 Å². The van der Waals surface area contributed by atoms with E-state index in [0.29, 0.717) is 6.04 Å². The van der Waals surface area contributed by atoms with Gasteiger partial charge in [-0.25, -0.2) is 4.98 Å². The van der Waals surface area contributed by atoms with Crippen LogP contribution < -0.4 is 5.32 Å². The lowest BCUT2D eigenvalue weighted by Crippen LogP contribution is -2.29. The maximum Gasteiger partial charge on any atom is 0.155 e. The van der Waals surface area contributed by atoms with Crippen LogP contribution in [0, 0.1) is 0 Å². The lowest BCUT2D eigenvalue weighted by molar-refractivity contribution is 0.261. The fourth-order valence-electron chi connectivity index (χ4n) is 1.88. The Bertz CT molecular complexity index is 468. The van der Waals surface area contributed by atoms with Gasteiger partial charge >= 0.3 is 0 Å². The summed E-state index contributed by atoms with van der Waals surface area (Å²) in [6.07, 6.45) is 9.06. The first-order valence-corrected chi connectivity index (χ1v) is 5.95. The lowest BCUT2D eigenvalue weighted by Gasteiger charge is -2.15. The molecular weight excluding hydrogens is 216 g/mol. The quantitative estimate of drug-likeness (QED) is 0.782. The summed E-state index contributed by atoms with van der Waals surface area (Å²) in [5.41, 5.74) is 1.97. The molecule has 0 aliphatic rings. The van der Waals surface area contributed by atoms with Gasteiger partial charge in [-0.2, -0.15) is 0 Å². The minimum Gasteiger partial charge on any atom is -0.396 e. The molecule has 0 saturated heterocycles. The molecule has 0 fully saturated rings. The van der Waals surface area contributed by atoms with Crippen LogP contribution in [-0.2, 0) is 6.54 Å². The maximum atomic E-state index is 8.93. The van der Waals surface area contributed by atoms with Crippen LogP contribution >= 0.6 is 0 Å². The molecule has 2 N–H and O–H groups in total. The van der Waals surface area contributed by atoms with Crippen LogP contribution in [0.5, 0.6) is 0 Å². The second kappa shape index (κ2) is 5.75. The number of fused-ring (bicyclic) bond motifs is 1. The largest absolute Gasteiger partial charge is 0.396 e. The van der Waals surface area contributed by atoms with E-state index in [0.717, 1.165) is 30.7 Å². The molecule has 0 aliphatic carbocycles. The minimum atomic E-state index is 0.225. The third-order valence-corrected chi connectivity index (χ3v) is 2.94. The molecule has 0 amide bonds. The minimum absolute atomic E-state index is 0.225. The van der Waals surface area contributed by atoms with Crippen LogP contribution in [0.1, 0.15) is 25.5 Å². The molecule has 0 aliphatic heterocycles. The summed E-state index contributed by atoms with van der Waals surface area (Å²) in [5, 5.41) is 12.4. The van der Waals surface area contributed by atoms with E-state index < -0.39 is 0 Å². The molecule has 5 heteroatoms. The standard InChI is InChI=1S/C12H18N4O/c1-2-10(3-6-17)14-7-11-8-15-12-9-13-4-5-16(11)12/h4-5,8-10,14,17H,2-3,6-7H2,1H3. The third kappa shape index (κ3) is 2.81. The van der Waals surface area contributed by atoms with Crippen molar-refractivity contribution in [1.82, 2.24) is 19.7 Å². The third-order valence-electron chi connectivity index (χ3n) is 2.94. The van der Waals surface area contributed by atoms with E-state index in [2.05, 4.69) is 22.2 Å². The second-order valence-electron chi connectivity index (χ2n) is 4.05. The summed E-state index contributed by atoms with van der Waals surface area (Å²) in [6, 6.07) is 0.354. The van der Waals surface area contributed by atoms with Crippen molar-refractivity contribution in [1.29, 1.82) is 0 Å². The van der Waals surface area contributed by atoms with E-state index in [1.54, 1.807) is 12.4 Å². The molecule has 2 aromatic heterocycles. The fraction of sp³-hybridized carbons (Fsp3) is 0.500. The van der Waals surface area contributed by atoms with Gasteiger partial charge in [0, 0.05) is 31.6 Å². The van der Waals surface area contributed by atoms with Crippen molar-refractivity contribution in [2.75, 3.05) is 6.61 Å². The molecular formula is C12H18N4O. The summed E-state index contributed by atoms with van der Waals surface area (Å²) in [5.74, 6) is 0. The van der Waals surface area contributed by atoms with Gasteiger partial charge in [-0.15, -0.1) is 0 Å². The van der Waals surface area contributed by atoms with Gasteiger partial charge in [0.15, 0.2) is 5.65 Å². The molecule has 92 valence electrons.